The second kappa shape index (κ2) is 15.4. The maximum absolute atomic E-state index is 13.4. The Hall–Kier alpha value is -3.47. The van der Waals surface area contributed by atoms with Gasteiger partial charge in [-0.25, -0.2) is 4.79 Å². The van der Waals surface area contributed by atoms with Gasteiger partial charge in [0.1, 0.15) is 23.7 Å². The predicted molar refractivity (Wildman–Crippen MR) is 149 cm³/mol. The minimum atomic E-state index is -1.25. The molecule has 40 heavy (non-hydrogen) atoms. The van der Waals surface area contributed by atoms with E-state index in [1.807, 2.05) is 13.8 Å². The van der Waals surface area contributed by atoms with Crippen molar-refractivity contribution in [3.05, 3.63) is 35.9 Å². The van der Waals surface area contributed by atoms with E-state index >= 15 is 0 Å². The molecule has 5 N–H and O–H groups in total. The molecule has 0 radical (unpaired) electrons. The van der Waals surface area contributed by atoms with Gasteiger partial charge in [0, 0.05) is 12.8 Å². The average molecular weight is 561 g/mol. The first-order valence-corrected chi connectivity index (χ1v) is 13.9. The second-order valence-electron chi connectivity index (χ2n) is 11.6. The summed E-state index contributed by atoms with van der Waals surface area (Å²) in [5.74, 6) is -3.35. The molecule has 1 heterocycles. The summed E-state index contributed by atoms with van der Waals surface area (Å²) in [5.41, 5.74) is -0.0203. The van der Waals surface area contributed by atoms with Crippen LogP contribution in [-0.4, -0.2) is 71.1 Å². The van der Waals surface area contributed by atoms with Crippen LogP contribution in [0.5, 0.6) is 0 Å². The number of aliphatic carboxylic acids is 1. The Morgan fingerprint density at radius 3 is 2.15 bits per heavy atom. The molecule has 3 amide bonds. The van der Waals surface area contributed by atoms with E-state index < -0.39 is 47.5 Å². The largest absolute Gasteiger partial charge is 0.480 e. The quantitative estimate of drug-likeness (QED) is 0.215. The second-order valence-corrected chi connectivity index (χ2v) is 11.6. The van der Waals surface area contributed by atoms with Crippen LogP contribution >= 0.6 is 0 Å². The fourth-order valence-electron chi connectivity index (χ4n) is 4.40. The molecule has 1 aromatic rings. The third kappa shape index (κ3) is 11.7. The van der Waals surface area contributed by atoms with Crippen LogP contribution < -0.4 is 21.3 Å². The molecule has 11 heteroatoms. The van der Waals surface area contributed by atoms with E-state index in [1.165, 1.54) is 0 Å². The molecule has 4 atom stereocenters. The number of carbonyl (C=O) groups excluding carboxylic acids is 4. The maximum Gasteiger partial charge on any atom is 0.326 e. The zero-order chi connectivity index (χ0) is 29.9. The summed E-state index contributed by atoms with van der Waals surface area (Å²) < 4.78 is 5.34. The smallest absolute Gasteiger partial charge is 0.326 e. The van der Waals surface area contributed by atoms with Gasteiger partial charge in [0.15, 0.2) is 0 Å². The van der Waals surface area contributed by atoms with Gasteiger partial charge in [-0.05, 0) is 64.5 Å². The first-order valence-electron chi connectivity index (χ1n) is 13.9. The summed E-state index contributed by atoms with van der Waals surface area (Å²) in [7, 11) is 0. The Morgan fingerprint density at radius 2 is 1.60 bits per heavy atom. The zero-order valence-electron chi connectivity index (χ0n) is 24.1. The number of hydrogen-bond donors (Lipinski definition) is 5. The van der Waals surface area contributed by atoms with Crippen LogP contribution in [0.3, 0.4) is 0 Å². The van der Waals surface area contributed by atoms with Gasteiger partial charge in [-0.3, -0.25) is 19.2 Å². The van der Waals surface area contributed by atoms with E-state index in [0.29, 0.717) is 18.4 Å². The lowest BCUT2D eigenvalue weighted by molar-refractivity contribution is -0.155. The van der Waals surface area contributed by atoms with Gasteiger partial charge in [0.2, 0.25) is 17.7 Å². The van der Waals surface area contributed by atoms with Crippen molar-refractivity contribution in [1.29, 1.82) is 0 Å². The number of hydrogen-bond acceptors (Lipinski definition) is 7. The first kappa shape index (κ1) is 32.7. The molecule has 0 bridgehead atoms. The molecule has 1 saturated heterocycles. The molecular weight excluding hydrogens is 516 g/mol. The Balaban J connectivity index is 2.19. The van der Waals surface area contributed by atoms with Gasteiger partial charge < -0.3 is 31.1 Å². The lowest BCUT2D eigenvalue weighted by Crippen LogP contribution is -2.57. The van der Waals surface area contributed by atoms with Crippen LogP contribution in [-0.2, 0) is 35.1 Å². The maximum atomic E-state index is 13.4. The van der Waals surface area contributed by atoms with Crippen LogP contribution in [0.25, 0.3) is 0 Å². The number of nitrogens with one attached hydrogen (secondary N) is 4. The van der Waals surface area contributed by atoms with Crippen molar-refractivity contribution in [2.75, 3.05) is 6.54 Å². The molecule has 0 aromatic heterocycles. The Labute approximate surface area is 236 Å². The molecule has 1 aliphatic heterocycles. The topological polar surface area (TPSA) is 163 Å². The number of carbonyl (C=O) groups is 5. The summed E-state index contributed by atoms with van der Waals surface area (Å²) in [5, 5.41) is 20.8. The fraction of sp³-hybridized carbons (Fsp3) is 0.621. The number of ether oxygens (including phenoxy) is 1. The number of carboxylic acid groups (broad SMARTS) is 1. The summed E-state index contributed by atoms with van der Waals surface area (Å²) in [6.45, 7) is 9.70. The van der Waals surface area contributed by atoms with Crippen molar-refractivity contribution >= 4 is 29.7 Å². The van der Waals surface area contributed by atoms with Crippen LogP contribution in [0.1, 0.15) is 72.3 Å². The minimum Gasteiger partial charge on any atom is -0.480 e. The van der Waals surface area contributed by atoms with Gasteiger partial charge in [-0.2, -0.15) is 0 Å². The predicted octanol–water partition coefficient (Wildman–Crippen LogP) is 1.69. The van der Waals surface area contributed by atoms with Gasteiger partial charge in [0.05, 0.1) is 6.04 Å². The summed E-state index contributed by atoms with van der Waals surface area (Å²) in [6.07, 6.45) is 1.60. The zero-order valence-corrected chi connectivity index (χ0v) is 24.1. The normalized spacial score (nSPS) is 17.4. The first-order chi connectivity index (χ1) is 18.7. The van der Waals surface area contributed by atoms with E-state index in [4.69, 9.17) is 4.74 Å². The van der Waals surface area contributed by atoms with Crippen LogP contribution in [0.15, 0.2) is 30.3 Å². The lowest BCUT2D eigenvalue weighted by Gasteiger charge is -2.26. The monoisotopic (exact) mass is 560 g/mol. The van der Waals surface area contributed by atoms with E-state index in [0.717, 1.165) is 13.0 Å². The van der Waals surface area contributed by atoms with E-state index in [2.05, 4.69) is 21.3 Å². The summed E-state index contributed by atoms with van der Waals surface area (Å²) in [4.78, 5) is 63.8. The molecule has 11 nitrogen and oxygen atoms in total. The molecule has 222 valence electrons. The van der Waals surface area contributed by atoms with Gasteiger partial charge >= 0.3 is 11.9 Å². The number of amides is 3. The highest BCUT2D eigenvalue weighted by molar-refractivity contribution is 5.94. The van der Waals surface area contributed by atoms with Crippen molar-refractivity contribution in [3.63, 3.8) is 0 Å². The minimum absolute atomic E-state index is 0.0368. The number of rotatable bonds is 14. The van der Waals surface area contributed by atoms with Gasteiger partial charge in [-0.15, -0.1) is 0 Å². The molecule has 1 aliphatic rings. The molecule has 1 fully saturated rings. The number of esters is 1. The standard InChI is InChI=1S/C29H44N4O7/c1-18(2)16-22(32-25(35)20-12-9-15-30-20)27(37)31-21(13-14-24(34)40-29(3,4)5)26(36)33-23(28(38)39)17-19-10-7-6-8-11-19/h6-8,10-11,18,20-23,30H,9,12-17H2,1-5H3,(H,31,37)(H,32,35)(H,33,36)(H,38,39)/t20-,21-,22-,23-/m0/s1. The lowest BCUT2D eigenvalue weighted by atomic mass is 10.0. The molecule has 0 saturated carbocycles. The van der Waals surface area contributed by atoms with Crippen LogP contribution in [0, 0.1) is 5.92 Å². The van der Waals surface area contributed by atoms with E-state index in [-0.39, 0.29) is 37.1 Å². The van der Waals surface area contributed by atoms with Crippen molar-refractivity contribution in [2.45, 2.75) is 103 Å². The average Bonchev–Trinajstić information content (AvgIpc) is 3.40. The van der Waals surface area contributed by atoms with E-state index in [9.17, 15) is 29.1 Å². The van der Waals surface area contributed by atoms with E-state index in [1.54, 1.807) is 51.1 Å². The summed E-state index contributed by atoms with van der Waals surface area (Å²) >= 11 is 0. The van der Waals surface area contributed by atoms with Gasteiger partial charge in [-0.1, -0.05) is 44.2 Å². The Morgan fingerprint density at radius 1 is 0.975 bits per heavy atom. The van der Waals surface area contributed by atoms with Crippen molar-refractivity contribution in [3.8, 4) is 0 Å². The highest BCUT2D eigenvalue weighted by Gasteiger charge is 2.32. The van der Waals surface area contributed by atoms with Crippen molar-refractivity contribution in [1.82, 2.24) is 21.3 Å². The van der Waals surface area contributed by atoms with Crippen molar-refractivity contribution < 1.29 is 33.8 Å². The third-order valence-electron chi connectivity index (χ3n) is 6.30. The van der Waals surface area contributed by atoms with Crippen molar-refractivity contribution in [2.24, 2.45) is 5.92 Å². The molecule has 0 unspecified atom stereocenters. The highest BCUT2D eigenvalue weighted by atomic mass is 16.6. The molecule has 0 aliphatic carbocycles. The highest BCUT2D eigenvalue weighted by Crippen LogP contribution is 2.13. The van der Waals surface area contributed by atoms with Gasteiger partial charge in [0.25, 0.3) is 0 Å². The summed E-state index contributed by atoms with van der Waals surface area (Å²) in [6, 6.07) is 5.06. The van der Waals surface area contributed by atoms with Crippen LogP contribution in [0.4, 0.5) is 0 Å². The molecule has 0 spiro atoms. The number of carboxylic acids is 1. The van der Waals surface area contributed by atoms with Crippen LogP contribution in [0.2, 0.25) is 0 Å². The molecule has 2 rings (SSSR count). The Kier molecular flexibility index (Phi) is 12.6. The molecule has 1 aromatic carbocycles. The fourth-order valence-corrected chi connectivity index (χ4v) is 4.40. The SMILES string of the molecule is CC(C)C[C@H](NC(=O)[C@@H]1CCCN1)C(=O)N[C@@H](CCC(=O)OC(C)(C)C)C(=O)N[C@@H](Cc1ccccc1)C(=O)O. The number of benzene rings is 1. The Bertz CT molecular complexity index is 1020. The third-order valence-corrected chi connectivity index (χ3v) is 6.30. The molecular formula is C29H44N4O7.